The van der Waals surface area contributed by atoms with Gasteiger partial charge in [-0.1, -0.05) is 12.1 Å². The maximum absolute atomic E-state index is 12.3. The summed E-state index contributed by atoms with van der Waals surface area (Å²) in [6.07, 6.45) is 3.46. The molecule has 4 rings (SSSR count). The molecule has 9 nitrogen and oxygen atoms in total. The Balaban J connectivity index is 1.35. The molecule has 4 aromatic rings. The number of aromatic nitrogens is 5. The van der Waals surface area contributed by atoms with Gasteiger partial charge in [-0.2, -0.15) is 20.7 Å². The Bertz CT molecular complexity index is 1310. The predicted octanol–water partition coefficient (Wildman–Crippen LogP) is 2.51. The van der Waals surface area contributed by atoms with Gasteiger partial charge >= 0.3 is 0 Å². The quantitative estimate of drug-likeness (QED) is 0.503. The van der Waals surface area contributed by atoms with E-state index in [1.54, 1.807) is 41.3 Å². The van der Waals surface area contributed by atoms with Crippen molar-refractivity contribution in [2.24, 2.45) is 0 Å². The summed E-state index contributed by atoms with van der Waals surface area (Å²) in [6, 6.07) is 18.0. The van der Waals surface area contributed by atoms with Crippen LogP contribution in [0.3, 0.4) is 0 Å². The summed E-state index contributed by atoms with van der Waals surface area (Å²) in [4.78, 5) is 16.6. The molecule has 0 spiro atoms. The van der Waals surface area contributed by atoms with Crippen LogP contribution in [0.25, 0.3) is 22.6 Å². The first kappa shape index (κ1) is 19.6. The van der Waals surface area contributed by atoms with Crippen molar-refractivity contribution < 1.29 is 4.79 Å². The zero-order valence-corrected chi connectivity index (χ0v) is 16.3. The van der Waals surface area contributed by atoms with Crippen molar-refractivity contribution in [3.63, 3.8) is 0 Å². The Morgan fingerprint density at radius 3 is 2.68 bits per heavy atom. The van der Waals surface area contributed by atoms with Crippen LogP contribution in [-0.4, -0.2) is 37.4 Å². The molecule has 0 saturated carbocycles. The van der Waals surface area contributed by atoms with Crippen molar-refractivity contribution >= 4 is 5.91 Å². The molecule has 0 fully saturated rings. The van der Waals surface area contributed by atoms with E-state index in [1.165, 1.54) is 0 Å². The van der Waals surface area contributed by atoms with E-state index in [1.807, 2.05) is 36.4 Å². The van der Waals surface area contributed by atoms with Gasteiger partial charge in [-0.3, -0.25) is 19.6 Å². The molecule has 2 N–H and O–H groups in total. The van der Waals surface area contributed by atoms with Crippen LogP contribution in [0.5, 0.6) is 0 Å². The topological polar surface area (TPSA) is 136 Å². The van der Waals surface area contributed by atoms with Gasteiger partial charge in [0, 0.05) is 24.5 Å². The summed E-state index contributed by atoms with van der Waals surface area (Å²) < 4.78 is 1.70. The minimum absolute atomic E-state index is 0.271. The third-order valence-electron chi connectivity index (χ3n) is 4.57. The van der Waals surface area contributed by atoms with Crippen molar-refractivity contribution in [3.8, 4) is 34.8 Å². The first-order valence-electron chi connectivity index (χ1n) is 9.41. The van der Waals surface area contributed by atoms with Crippen molar-refractivity contribution in [3.05, 3.63) is 77.7 Å². The molecule has 0 aliphatic carbocycles. The van der Waals surface area contributed by atoms with E-state index in [2.05, 4.69) is 25.6 Å². The molecular formula is C22H16N8O. The van der Waals surface area contributed by atoms with Gasteiger partial charge in [0.2, 0.25) is 0 Å². The molecule has 9 heteroatoms. The minimum atomic E-state index is -0.271. The second-order valence-electron chi connectivity index (χ2n) is 6.59. The molecule has 3 heterocycles. The number of H-pyrrole nitrogens is 1. The van der Waals surface area contributed by atoms with E-state index in [0.717, 1.165) is 5.56 Å². The fourth-order valence-electron chi connectivity index (χ4n) is 3.00. The molecule has 0 aliphatic rings. The maximum Gasteiger partial charge on any atom is 0.269 e. The van der Waals surface area contributed by atoms with Crippen LogP contribution in [0, 0.1) is 22.7 Å². The largest absolute Gasteiger partial charge is 0.349 e. The molecule has 0 atom stereocenters. The third-order valence-corrected chi connectivity index (χ3v) is 4.57. The van der Waals surface area contributed by atoms with Crippen LogP contribution in [0.2, 0.25) is 0 Å². The lowest BCUT2D eigenvalue weighted by Gasteiger charge is -2.04. The highest BCUT2D eigenvalue weighted by Gasteiger charge is 2.12. The van der Waals surface area contributed by atoms with Crippen molar-refractivity contribution in [1.29, 1.82) is 10.5 Å². The first-order chi connectivity index (χ1) is 15.2. The number of nitrogens with zero attached hydrogens (tertiary/aromatic N) is 6. The van der Waals surface area contributed by atoms with Crippen molar-refractivity contribution in [2.75, 3.05) is 6.54 Å². The van der Waals surface area contributed by atoms with Gasteiger partial charge in [0.1, 0.15) is 23.5 Å². The lowest BCUT2D eigenvalue weighted by atomic mass is 10.0. The number of nitriles is 2. The van der Waals surface area contributed by atoms with Gasteiger partial charge < -0.3 is 5.32 Å². The average molecular weight is 408 g/mol. The highest BCUT2D eigenvalue weighted by molar-refractivity contribution is 5.93. The van der Waals surface area contributed by atoms with Crippen LogP contribution in [-0.2, 0) is 6.54 Å². The number of carbonyl (C=O) groups is 1. The summed E-state index contributed by atoms with van der Waals surface area (Å²) in [7, 11) is 0. The molecule has 0 saturated heterocycles. The zero-order valence-electron chi connectivity index (χ0n) is 16.3. The number of benzene rings is 1. The lowest BCUT2D eigenvalue weighted by Crippen LogP contribution is -2.27. The number of carbonyl (C=O) groups excluding carboxylic acids is 1. The maximum atomic E-state index is 12.3. The Hall–Kier alpha value is -4.76. The van der Waals surface area contributed by atoms with Gasteiger partial charge in [0.15, 0.2) is 0 Å². The van der Waals surface area contributed by atoms with Crippen LogP contribution in [0.1, 0.15) is 21.6 Å². The molecular weight excluding hydrogens is 392 g/mol. The second-order valence-corrected chi connectivity index (χ2v) is 6.59. The Morgan fingerprint density at radius 2 is 1.90 bits per heavy atom. The molecule has 3 aromatic heterocycles. The number of rotatable bonds is 6. The fraction of sp³-hybridized carbons (Fsp3) is 0.0909. The van der Waals surface area contributed by atoms with Crippen LogP contribution in [0.15, 0.2) is 60.9 Å². The SMILES string of the molecule is N#Cc1ccc(-c2ccn(CCNC(=O)c3cc(-c4ccccn4)n[nH]3)n2)cc1C#N. The fourth-order valence-corrected chi connectivity index (χ4v) is 3.00. The number of hydrogen-bond donors (Lipinski definition) is 2. The van der Waals surface area contributed by atoms with Gasteiger partial charge in [-0.25, -0.2) is 0 Å². The number of pyridine rings is 1. The molecule has 0 aliphatic heterocycles. The zero-order chi connectivity index (χ0) is 21.6. The van der Waals surface area contributed by atoms with E-state index in [0.29, 0.717) is 47.0 Å². The van der Waals surface area contributed by atoms with Crippen molar-refractivity contribution in [1.82, 2.24) is 30.3 Å². The molecule has 31 heavy (non-hydrogen) atoms. The Labute approximate surface area is 177 Å². The third kappa shape index (κ3) is 4.31. The van der Waals surface area contributed by atoms with Crippen LogP contribution < -0.4 is 5.32 Å². The molecule has 0 unspecified atom stereocenters. The normalized spacial score (nSPS) is 10.3. The predicted molar refractivity (Wildman–Crippen MR) is 111 cm³/mol. The minimum Gasteiger partial charge on any atom is -0.349 e. The van der Waals surface area contributed by atoms with Crippen LogP contribution in [0.4, 0.5) is 0 Å². The van der Waals surface area contributed by atoms with Gasteiger partial charge in [0.25, 0.3) is 5.91 Å². The molecule has 1 amide bonds. The molecule has 0 bridgehead atoms. The van der Waals surface area contributed by atoms with Crippen LogP contribution >= 0.6 is 0 Å². The number of nitrogens with one attached hydrogen (secondary N) is 2. The Morgan fingerprint density at radius 1 is 1.03 bits per heavy atom. The molecule has 1 aromatic carbocycles. The lowest BCUT2D eigenvalue weighted by molar-refractivity contribution is 0.0947. The standard InChI is InChI=1S/C22H16N8O/c23-13-16-5-4-15(11-17(16)14-24)18-6-9-30(29-18)10-8-26-22(31)21-12-20(27-28-21)19-3-1-2-7-25-19/h1-7,9,11-12H,8,10H2,(H,26,31)(H,27,28). The van der Waals surface area contributed by atoms with E-state index < -0.39 is 0 Å². The van der Waals surface area contributed by atoms with Crippen molar-refractivity contribution in [2.45, 2.75) is 6.54 Å². The summed E-state index contributed by atoms with van der Waals surface area (Å²) in [5, 5.41) is 32.4. The monoisotopic (exact) mass is 408 g/mol. The molecule has 150 valence electrons. The van der Waals surface area contributed by atoms with E-state index in [-0.39, 0.29) is 5.91 Å². The first-order valence-corrected chi connectivity index (χ1v) is 9.41. The Kier molecular flexibility index (Phi) is 5.50. The van der Waals surface area contributed by atoms with E-state index in [4.69, 9.17) is 5.26 Å². The van der Waals surface area contributed by atoms with Gasteiger partial charge in [-0.05, 0) is 36.4 Å². The number of hydrogen-bond acceptors (Lipinski definition) is 6. The summed E-state index contributed by atoms with van der Waals surface area (Å²) in [5.41, 5.74) is 3.71. The smallest absolute Gasteiger partial charge is 0.269 e. The summed E-state index contributed by atoms with van der Waals surface area (Å²) >= 11 is 0. The van der Waals surface area contributed by atoms with E-state index in [9.17, 15) is 10.1 Å². The van der Waals surface area contributed by atoms with Gasteiger partial charge in [0.05, 0.1) is 29.1 Å². The number of aromatic amines is 1. The highest BCUT2D eigenvalue weighted by Crippen LogP contribution is 2.20. The average Bonchev–Trinajstić information content (AvgIpc) is 3.49. The highest BCUT2D eigenvalue weighted by atomic mass is 16.1. The summed E-state index contributed by atoms with van der Waals surface area (Å²) in [6.45, 7) is 0.836. The van der Waals surface area contributed by atoms with Gasteiger partial charge in [-0.15, -0.1) is 0 Å². The van der Waals surface area contributed by atoms with E-state index >= 15 is 0 Å². The summed E-state index contributed by atoms with van der Waals surface area (Å²) in [5.74, 6) is -0.271. The number of amides is 1. The second kappa shape index (κ2) is 8.72. The molecule has 0 radical (unpaired) electrons.